The molecule has 0 aliphatic heterocycles. The summed E-state index contributed by atoms with van der Waals surface area (Å²) < 4.78 is 42.6. The zero-order chi connectivity index (χ0) is 24.6. The first kappa shape index (κ1) is 26.2. The van der Waals surface area contributed by atoms with Crippen molar-refractivity contribution < 1.29 is 27.4 Å². The summed E-state index contributed by atoms with van der Waals surface area (Å²) in [6, 6.07) is 9.73. The van der Waals surface area contributed by atoms with Gasteiger partial charge in [-0.15, -0.1) is 0 Å². The number of carbonyl (C=O) groups excluding carboxylic acids is 1. The molecule has 0 saturated heterocycles. The summed E-state index contributed by atoms with van der Waals surface area (Å²) >= 11 is 0. The SMILES string of the molecule is CCN(CC)S(=O)(=O)c1ccc(C(C)NC(=O)/C=C/c2cc(OC)c(OC)c(OC)c2)cc1. The number of hydrogen-bond donors (Lipinski definition) is 1. The minimum absolute atomic E-state index is 0.232. The average molecular weight is 477 g/mol. The molecule has 1 N–H and O–H groups in total. The first-order valence-electron chi connectivity index (χ1n) is 10.6. The van der Waals surface area contributed by atoms with Crippen LogP contribution in [0.1, 0.15) is 37.9 Å². The molecule has 0 bridgehead atoms. The molecule has 33 heavy (non-hydrogen) atoms. The largest absolute Gasteiger partial charge is 0.493 e. The molecule has 2 aromatic carbocycles. The number of sulfonamides is 1. The Morgan fingerprint density at radius 2 is 1.55 bits per heavy atom. The van der Waals surface area contributed by atoms with E-state index in [1.165, 1.54) is 31.7 Å². The van der Waals surface area contributed by atoms with Gasteiger partial charge in [0.25, 0.3) is 0 Å². The number of ether oxygens (including phenoxy) is 3. The number of hydrogen-bond acceptors (Lipinski definition) is 6. The van der Waals surface area contributed by atoms with Gasteiger partial charge in [0.05, 0.1) is 32.3 Å². The molecule has 0 saturated carbocycles. The Hall–Kier alpha value is -3.04. The fourth-order valence-corrected chi connectivity index (χ4v) is 4.81. The Kier molecular flexibility index (Phi) is 9.31. The standard InChI is InChI=1S/C24H32N2O6S/c1-7-26(8-2)33(28,29)20-12-10-19(11-13-20)17(3)25-23(27)14-9-18-15-21(30-4)24(32-6)22(16-18)31-5/h9-17H,7-8H2,1-6H3,(H,25,27)/b14-9+. The van der Waals surface area contributed by atoms with Gasteiger partial charge in [0.1, 0.15) is 0 Å². The maximum atomic E-state index is 12.6. The van der Waals surface area contributed by atoms with Gasteiger partial charge in [0, 0.05) is 19.2 Å². The van der Waals surface area contributed by atoms with Gasteiger partial charge in [-0.2, -0.15) is 4.31 Å². The highest BCUT2D eigenvalue weighted by Crippen LogP contribution is 2.38. The highest BCUT2D eigenvalue weighted by atomic mass is 32.2. The van der Waals surface area contributed by atoms with Crippen molar-refractivity contribution in [3.8, 4) is 17.2 Å². The molecule has 1 amide bonds. The Labute approximate surface area is 196 Å². The fourth-order valence-electron chi connectivity index (χ4n) is 3.36. The minimum atomic E-state index is -3.52. The number of amides is 1. The van der Waals surface area contributed by atoms with Crippen molar-refractivity contribution in [3.63, 3.8) is 0 Å². The van der Waals surface area contributed by atoms with Gasteiger partial charge in [-0.1, -0.05) is 26.0 Å². The molecule has 180 valence electrons. The number of methoxy groups -OCH3 is 3. The average Bonchev–Trinajstić information content (AvgIpc) is 2.82. The predicted molar refractivity (Wildman–Crippen MR) is 128 cm³/mol. The Morgan fingerprint density at radius 3 is 2.00 bits per heavy atom. The molecular formula is C24H32N2O6S. The van der Waals surface area contributed by atoms with Crippen LogP contribution in [-0.2, 0) is 14.8 Å². The Balaban J connectivity index is 2.11. The molecule has 0 radical (unpaired) electrons. The lowest BCUT2D eigenvalue weighted by molar-refractivity contribution is -0.117. The Bertz CT molecular complexity index is 1050. The van der Waals surface area contributed by atoms with E-state index in [9.17, 15) is 13.2 Å². The van der Waals surface area contributed by atoms with E-state index in [2.05, 4.69) is 5.32 Å². The second kappa shape index (κ2) is 11.7. The van der Waals surface area contributed by atoms with Crippen LogP contribution in [0.3, 0.4) is 0 Å². The summed E-state index contributed by atoms with van der Waals surface area (Å²) in [5.41, 5.74) is 1.50. The van der Waals surface area contributed by atoms with Crippen molar-refractivity contribution in [1.29, 1.82) is 0 Å². The highest BCUT2D eigenvalue weighted by molar-refractivity contribution is 7.89. The fraction of sp³-hybridized carbons (Fsp3) is 0.375. The summed E-state index contributed by atoms with van der Waals surface area (Å²) in [5.74, 6) is 1.16. The van der Waals surface area contributed by atoms with Crippen LogP contribution in [0.25, 0.3) is 6.08 Å². The number of carbonyl (C=O) groups is 1. The van der Waals surface area contributed by atoms with E-state index in [1.807, 2.05) is 6.92 Å². The van der Waals surface area contributed by atoms with E-state index in [0.717, 1.165) is 5.56 Å². The zero-order valence-corrected chi connectivity index (χ0v) is 20.7. The zero-order valence-electron chi connectivity index (χ0n) is 19.9. The summed E-state index contributed by atoms with van der Waals surface area (Å²) in [7, 11) is 1.06. The quantitative estimate of drug-likeness (QED) is 0.498. The van der Waals surface area contributed by atoms with Crippen LogP contribution >= 0.6 is 0 Å². The van der Waals surface area contributed by atoms with Gasteiger partial charge >= 0.3 is 0 Å². The second-order valence-electron chi connectivity index (χ2n) is 7.18. The first-order valence-corrected chi connectivity index (χ1v) is 12.0. The molecule has 0 spiro atoms. The van der Waals surface area contributed by atoms with E-state index in [0.29, 0.717) is 35.9 Å². The van der Waals surface area contributed by atoms with Gasteiger partial charge in [-0.3, -0.25) is 4.79 Å². The van der Waals surface area contributed by atoms with Crippen LogP contribution in [0, 0.1) is 0 Å². The summed E-state index contributed by atoms with van der Waals surface area (Å²) in [4.78, 5) is 12.7. The molecule has 1 unspecified atom stereocenters. The predicted octanol–water partition coefficient (Wildman–Crippen LogP) is 3.63. The monoisotopic (exact) mass is 476 g/mol. The van der Waals surface area contributed by atoms with Crippen LogP contribution < -0.4 is 19.5 Å². The number of rotatable bonds is 11. The molecular weight excluding hydrogens is 444 g/mol. The lowest BCUT2D eigenvalue weighted by Gasteiger charge is -2.19. The van der Waals surface area contributed by atoms with E-state index in [4.69, 9.17) is 14.2 Å². The van der Waals surface area contributed by atoms with Crippen LogP contribution in [0.4, 0.5) is 0 Å². The second-order valence-corrected chi connectivity index (χ2v) is 9.12. The first-order chi connectivity index (χ1) is 15.7. The molecule has 2 rings (SSSR count). The number of benzene rings is 2. The third kappa shape index (κ3) is 6.27. The molecule has 8 nitrogen and oxygen atoms in total. The molecule has 0 heterocycles. The summed E-state index contributed by atoms with van der Waals surface area (Å²) in [5, 5.41) is 2.88. The van der Waals surface area contributed by atoms with Gasteiger partial charge in [0.2, 0.25) is 21.7 Å². The minimum Gasteiger partial charge on any atom is -0.493 e. The van der Waals surface area contributed by atoms with Crippen LogP contribution in [-0.4, -0.2) is 53.0 Å². The molecule has 0 fully saturated rings. The normalized spacial score (nSPS) is 12.6. The number of nitrogens with zero attached hydrogens (tertiary/aromatic N) is 1. The molecule has 1 atom stereocenters. The van der Waals surface area contributed by atoms with Gasteiger partial charge in [-0.05, 0) is 48.4 Å². The van der Waals surface area contributed by atoms with E-state index in [-0.39, 0.29) is 16.8 Å². The molecule has 0 aliphatic carbocycles. The summed E-state index contributed by atoms with van der Waals surface area (Å²) in [6.45, 7) is 6.26. The lowest BCUT2D eigenvalue weighted by Crippen LogP contribution is -2.30. The van der Waals surface area contributed by atoms with Crippen molar-refractivity contribution in [2.45, 2.75) is 31.7 Å². The van der Waals surface area contributed by atoms with Gasteiger partial charge < -0.3 is 19.5 Å². The summed E-state index contributed by atoms with van der Waals surface area (Å²) in [6.07, 6.45) is 3.06. The van der Waals surface area contributed by atoms with Crippen molar-refractivity contribution in [2.24, 2.45) is 0 Å². The maximum Gasteiger partial charge on any atom is 0.244 e. The van der Waals surface area contributed by atoms with Crippen molar-refractivity contribution in [2.75, 3.05) is 34.4 Å². The topological polar surface area (TPSA) is 94.2 Å². The van der Waals surface area contributed by atoms with Gasteiger partial charge in [0.15, 0.2) is 11.5 Å². The van der Waals surface area contributed by atoms with Crippen molar-refractivity contribution in [1.82, 2.24) is 9.62 Å². The molecule has 0 aromatic heterocycles. The molecule has 2 aromatic rings. The highest BCUT2D eigenvalue weighted by Gasteiger charge is 2.21. The van der Waals surface area contributed by atoms with Crippen molar-refractivity contribution in [3.05, 3.63) is 53.6 Å². The van der Waals surface area contributed by atoms with Gasteiger partial charge in [-0.25, -0.2) is 8.42 Å². The maximum absolute atomic E-state index is 12.6. The van der Waals surface area contributed by atoms with Crippen LogP contribution in [0.2, 0.25) is 0 Å². The third-order valence-electron chi connectivity index (χ3n) is 5.20. The number of nitrogens with one attached hydrogen (secondary N) is 1. The van der Waals surface area contributed by atoms with Crippen LogP contribution in [0.15, 0.2) is 47.4 Å². The Morgan fingerprint density at radius 1 is 1.00 bits per heavy atom. The lowest BCUT2D eigenvalue weighted by atomic mass is 10.1. The van der Waals surface area contributed by atoms with Crippen LogP contribution in [0.5, 0.6) is 17.2 Å². The third-order valence-corrected chi connectivity index (χ3v) is 7.26. The van der Waals surface area contributed by atoms with E-state index < -0.39 is 10.0 Å². The smallest absolute Gasteiger partial charge is 0.244 e. The van der Waals surface area contributed by atoms with E-state index in [1.54, 1.807) is 56.3 Å². The van der Waals surface area contributed by atoms with Crippen molar-refractivity contribution >= 4 is 22.0 Å². The molecule has 0 aliphatic rings. The van der Waals surface area contributed by atoms with E-state index >= 15 is 0 Å². The molecule has 9 heteroatoms.